The van der Waals surface area contributed by atoms with Crippen LogP contribution in [0.15, 0.2) is 57.7 Å². The number of hydrogen-bond acceptors (Lipinski definition) is 4. The average Bonchev–Trinajstić information content (AvgIpc) is 3.24. The largest absolute Gasteiger partial charge is 0.421 e. The van der Waals surface area contributed by atoms with Gasteiger partial charge in [-0.3, -0.25) is 5.32 Å². The van der Waals surface area contributed by atoms with Gasteiger partial charge in [0, 0.05) is 17.1 Å². The van der Waals surface area contributed by atoms with Crippen LogP contribution < -0.4 is 21.6 Å². The molecule has 29 heavy (non-hydrogen) atoms. The number of aryl methyl sites for hydroxylation is 1. The number of hydrogen-bond donors (Lipinski definition) is 3. The van der Waals surface area contributed by atoms with Gasteiger partial charge < -0.3 is 15.1 Å². The molecule has 4 rings (SSSR count). The molecule has 2 aromatic carbocycles. The Morgan fingerprint density at radius 3 is 2.52 bits per heavy atom. The van der Waals surface area contributed by atoms with Crippen molar-refractivity contribution in [3.8, 4) is 0 Å². The summed E-state index contributed by atoms with van der Waals surface area (Å²) in [5, 5.41) is 9.84. The lowest BCUT2D eigenvalue weighted by molar-refractivity contribution is 0.262. The van der Waals surface area contributed by atoms with Crippen molar-refractivity contribution >= 4 is 34.1 Å². The van der Waals surface area contributed by atoms with Crippen LogP contribution >= 0.6 is 0 Å². The van der Waals surface area contributed by atoms with Gasteiger partial charge in [0.05, 0.1) is 5.69 Å². The van der Waals surface area contributed by atoms with E-state index < -0.39 is 11.7 Å². The van der Waals surface area contributed by atoms with Crippen molar-refractivity contribution in [2.24, 2.45) is 0 Å². The first-order valence-electron chi connectivity index (χ1n) is 10.1. The summed E-state index contributed by atoms with van der Waals surface area (Å²) in [4.78, 5) is 25.4. The minimum atomic E-state index is -0.567. The molecule has 0 radical (unpaired) electrons. The smallest absolute Gasteiger partial charge is 0.362 e. The maximum Gasteiger partial charge on any atom is 0.362 e. The molecule has 3 aromatic rings. The molecule has 0 bridgehead atoms. The fourth-order valence-electron chi connectivity index (χ4n) is 3.91. The van der Waals surface area contributed by atoms with Gasteiger partial charge in [0.15, 0.2) is 5.69 Å². The fraction of sp³-hybridized carbons (Fsp3) is 0.304. The van der Waals surface area contributed by atoms with Gasteiger partial charge in [0.25, 0.3) is 0 Å². The summed E-state index contributed by atoms with van der Waals surface area (Å²) >= 11 is 0. The minimum Gasteiger partial charge on any atom is -0.421 e. The normalized spacial score (nSPS) is 14.1. The van der Waals surface area contributed by atoms with E-state index in [9.17, 15) is 9.59 Å². The highest BCUT2D eigenvalue weighted by Crippen LogP contribution is 2.32. The van der Waals surface area contributed by atoms with Crippen molar-refractivity contribution in [1.29, 1.82) is 0 Å². The minimum absolute atomic E-state index is 0.141. The summed E-state index contributed by atoms with van der Waals surface area (Å²) < 4.78 is 5.46. The standard InChI is InChI=1S/C23H25N3O3/c1-2-15-9-3-7-13-18(15)25-23(28)26-21-20(24-16-10-4-5-11-16)17-12-6-8-14-19(17)29-22(21)27/h3,6-9,12-14,16,24H,2,4-5,10-11H2,1H3,(H2,25,26,28). The first kappa shape index (κ1) is 19.1. The lowest BCUT2D eigenvalue weighted by Gasteiger charge is -2.19. The average molecular weight is 391 g/mol. The second-order valence-electron chi connectivity index (χ2n) is 7.35. The molecule has 1 aliphatic carbocycles. The third-order valence-electron chi connectivity index (χ3n) is 5.40. The van der Waals surface area contributed by atoms with Gasteiger partial charge in [0.1, 0.15) is 5.58 Å². The van der Waals surface area contributed by atoms with Crippen LogP contribution in [-0.4, -0.2) is 12.1 Å². The Hall–Kier alpha value is -3.28. The Labute approximate surface area is 169 Å². The highest BCUT2D eigenvalue weighted by Gasteiger charge is 2.22. The molecule has 1 heterocycles. The van der Waals surface area contributed by atoms with Crippen LogP contribution in [0.3, 0.4) is 0 Å². The lowest BCUT2D eigenvalue weighted by atomic mass is 10.1. The van der Waals surface area contributed by atoms with Gasteiger partial charge >= 0.3 is 11.7 Å². The maximum absolute atomic E-state index is 12.7. The SMILES string of the molecule is CCc1ccccc1NC(=O)Nc1c(NC2CCCC2)c2ccccc2oc1=O. The quantitative estimate of drug-likeness (QED) is 0.512. The summed E-state index contributed by atoms with van der Waals surface area (Å²) in [6.45, 7) is 2.03. The van der Waals surface area contributed by atoms with Crippen LogP contribution in [0.5, 0.6) is 0 Å². The van der Waals surface area contributed by atoms with E-state index in [1.807, 2.05) is 49.4 Å². The number of benzene rings is 2. The van der Waals surface area contributed by atoms with E-state index in [1.165, 1.54) is 0 Å². The Morgan fingerprint density at radius 2 is 1.72 bits per heavy atom. The van der Waals surface area contributed by atoms with E-state index >= 15 is 0 Å². The third-order valence-corrected chi connectivity index (χ3v) is 5.40. The van der Waals surface area contributed by atoms with Crippen molar-refractivity contribution in [2.45, 2.75) is 45.1 Å². The molecule has 0 unspecified atom stereocenters. The van der Waals surface area contributed by atoms with Gasteiger partial charge in [-0.05, 0) is 43.0 Å². The van der Waals surface area contributed by atoms with Crippen LogP contribution in [0.4, 0.5) is 21.9 Å². The van der Waals surface area contributed by atoms with Crippen LogP contribution in [0.1, 0.15) is 38.2 Å². The molecule has 1 saturated carbocycles. The molecule has 0 aliphatic heterocycles. The number of carbonyl (C=O) groups is 1. The molecule has 0 spiro atoms. The molecule has 0 saturated heterocycles. The molecule has 0 atom stereocenters. The van der Waals surface area contributed by atoms with E-state index in [1.54, 1.807) is 6.07 Å². The third kappa shape index (κ3) is 4.11. The molecule has 2 amide bonds. The van der Waals surface area contributed by atoms with Crippen molar-refractivity contribution in [2.75, 3.05) is 16.0 Å². The Morgan fingerprint density at radius 1 is 1.00 bits per heavy atom. The Balaban J connectivity index is 1.67. The first-order chi connectivity index (χ1) is 14.2. The predicted molar refractivity (Wildman–Crippen MR) is 117 cm³/mol. The van der Waals surface area contributed by atoms with Crippen LogP contribution in [0.2, 0.25) is 0 Å². The summed E-state index contributed by atoms with van der Waals surface area (Å²) in [7, 11) is 0. The molecular formula is C23H25N3O3. The second kappa shape index (κ2) is 8.39. The molecule has 3 N–H and O–H groups in total. The summed E-state index contributed by atoms with van der Waals surface area (Å²) in [5.74, 6) is 0. The highest BCUT2D eigenvalue weighted by molar-refractivity contribution is 6.06. The molecule has 6 nitrogen and oxygen atoms in total. The number of para-hydroxylation sites is 2. The number of fused-ring (bicyclic) bond motifs is 1. The van der Waals surface area contributed by atoms with E-state index in [-0.39, 0.29) is 11.7 Å². The monoisotopic (exact) mass is 391 g/mol. The van der Waals surface area contributed by atoms with Crippen molar-refractivity contribution in [3.05, 3.63) is 64.5 Å². The number of carbonyl (C=O) groups excluding carboxylic acids is 1. The van der Waals surface area contributed by atoms with Gasteiger partial charge in [-0.15, -0.1) is 0 Å². The van der Waals surface area contributed by atoms with E-state index in [0.717, 1.165) is 48.7 Å². The molecule has 1 aliphatic rings. The van der Waals surface area contributed by atoms with Crippen molar-refractivity contribution < 1.29 is 9.21 Å². The molecule has 1 aromatic heterocycles. The summed E-state index contributed by atoms with van der Waals surface area (Å²) in [5.41, 5.74) is 2.45. The van der Waals surface area contributed by atoms with Crippen LogP contribution in [0, 0.1) is 0 Å². The van der Waals surface area contributed by atoms with E-state index in [0.29, 0.717) is 11.3 Å². The van der Waals surface area contributed by atoms with E-state index in [2.05, 4.69) is 16.0 Å². The van der Waals surface area contributed by atoms with Gasteiger partial charge in [-0.1, -0.05) is 50.1 Å². The first-order valence-corrected chi connectivity index (χ1v) is 10.1. The van der Waals surface area contributed by atoms with Crippen molar-refractivity contribution in [1.82, 2.24) is 0 Å². The number of rotatable bonds is 5. The zero-order valence-corrected chi connectivity index (χ0v) is 16.5. The fourth-order valence-corrected chi connectivity index (χ4v) is 3.91. The van der Waals surface area contributed by atoms with Gasteiger partial charge in [0.2, 0.25) is 0 Å². The molecule has 1 fully saturated rings. The predicted octanol–water partition coefficient (Wildman–Crippen LogP) is 5.35. The molecule has 150 valence electrons. The molecule has 6 heteroatoms. The van der Waals surface area contributed by atoms with Crippen LogP contribution in [-0.2, 0) is 6.42 Å². The second-order valence-corrected chi connectivity index (χ2v) is 7.35. The Bertz CT molecular complexity index is 1080. The number of urea groups is 1. The zero-order valence-electron chi connectivity index (χ0n) is 16.5. The highest BCUT2D eigenvalue weighted by atomic mass is 16.4. The Kier molecular flexibility index (Phi) is 5.51. The molecular weight excluding hydrogens is 366 g/mol. The maximum atomic E-state index is 12.7. The van der Waals surface area contributed by atoms with Gasteiger partial charge in [-0.25, -0.2) is 9.59 Å². The summed E-state index contributed by atoms with van der Waals surface area (Å²) in [6, 6.07) is 14.8. The summed E-state index contributed by atoms with van der Waals surface area (Å²) in [6.07, 6.45) is 5.21. The van der Waals surface area contributed by atoms with E-state index in [4.69, 9.17) is 4.42 Å². The van der Waals surface area contributed by atoms with Crippen LogP contribution in [0.25, 0.3) is 11.0 Å². The number of amides is 2. The number of nitrogens with one attached hydrogen (secondary N) is 3. The number of anilines is 3. The topological polar surface area (TPSA) is 83.4 Å². The van der Waals surface area contributed by atoms with Gasteiger partial charge in [-0.2, -0.15) is 0 Å². The zero-order chi connectivity index (χ0) is 20.2. The van der Waals surface area contributed by atoms with Crippen molar-refractivity contribution in [3.63, 3.8) is 0 Å². The lowest BCUT2D eigenvalue weighted by Crippen LogP contribution is -2.26.